The van der Waals surface area contributed by atoms with Crippen molar-refractivity contribution in [2.45, 2.75) is 19.3 Å². The SMILES string of the molecule is O=C1NCCc2[nH]c(-c3ccncc3OCC3CC3)c(Nc3ccc(F)cc3)c21. The highest BCUT2D eigenvalue weighted by Crippen LogP contribution is 2.40. The Morgan fingerprint density at radius 1 is 1.21 bits per heavy atom. The normalized spacial score (nSPS) is 15.6. The first-order chi connectivity index (χ1) is 14.2. The number of amides is 1. The summed E-state index contributed by atoms with van der Waals surface area (Å²) in [5, 5.41) is 6.21. The van der Waals surface area contributed by atoms with Gasteiger partial charge in [-0.15, -0.1) is 0 Å². The molecule has 3 heterocycles. The zero-order chi connectivity index (χ0) is 19.8. The standard InChI is InChI=1S/C22H21FN4O2/c23-14-3-5-15(6-4-14)26-21-19-17(8-10-25-22(19)28)27-20(21)16-7-9-24-11-18(16)29-12-13-1-2-13/h3-7,9,11,13,26-27H,1-2,8,10,12H2,(H,25,28). The number of ether oxygens (including phenoxy) is 1. The number of nitrogens with zero attached hydrogens (tertiary/aromatic N) is 1. The molecule has 5 rings (SSSR count). The van der Waals surface area contributed by atoms with Crippen LogP contribution in [0.1, 0.15) is 28.9 Å². The molecule has 0 bridgehead atoms. The van der Waals surface area contributed by atoms with E-state index in [1.165, 1.54) is 25.0 Å². The van der Waals surface area contributed by atoms with E-state index in [0.29, 0.717) is 48.2 Å². The van der Waals surface area contributed by atoms with E-state index in [-0.39, 0.29) is 11.7 Å². The summed E-state index contributed by atoms with van der Waals surface area (Å²) < 4.78 is 19.4. The number of fused-ring (bicyclic) bond motifs is 1. The van der Waals surface area contributed by atoms with Crippen molar-refractivity contribution in [1.82, 2.24) is 15.3 Å². The van der Waals surface area contributed by atoms with Crippen LogP contribution in [0, 0.1) is 11.7 Å². The summed E-state index contributed by atoms with van der Waals surface area (Å²) in [6.45, 7) is 1.25. The van der Waals surface area contributed by atoms with Crippen LogP contribution in [0.15, 0.2) is 42.7 Å². The Morgan fingerprint density at radius 2 is 2.03 bits per heavy atom. The zero-order valence-corrected chi connectivity index (χ0v) is 15.8. The Bertz CT molecular complexity index is 1060. The number of pyridine rings is 1. The van der Waals surface area contributed by atoms with Gasteiger partial charge >= 0.3 is 0 Å². The van der Waals surface area contributed by atoms with Gasteiger partial charge in [-0.05, 0) is 49.1 Å². The number of nitrogens with one attached hydrogen (secondary N) is 3. The van der Waals surface area contributed by atoms with E-state index >= 15 is 0 Å². The molecule has 0 atom stereocenters. The largest absolute Gasteiger partial charge is 0.491 e. The molecule has 3 N–H and O–H groups in total. The van der Waals surface area contributed by atoms with Crippen LogP contribution < -0.4 is 15.4 Å². The van der Waals surface area contributed by atoms with Gasteiger partial charge in [0.2, 0.25) is 0 Å². The Morgan fingerprint density at radius 3 is 2.83 bits per heavy atom. The van der Waals surface area contributed by atoms with Gasteiger partial charge in [0.25, 0.3) is 5.91 Å². The van der Waals surface area contributed by atoms with Gasteiger partial charge in [0.1, 0.15) is 11.6 Å². The number of carbonyl (C=O) groups excluding carboxylic acids is 1. The van der Waals surface area contributed by atoms with Crippen LogP contribution in [0.4, 0.5) is 15.8 Å². The molecule has 1 saturated carbocycles. The Hall–Kier alpha value is -3.35. The number of aromatic nitrogens is 2. The van der Waals surface area contributed by atoms with Gasteiger partial charge < -0.3 is 20.4 Å². The minimum absolute atomic E-state index is 0.132. The number of hydrogen-bond donors (Lipinski definition) is 3. The zero-order valence-electron chi connectivity index (χ0n) is 15.8. The monoisotopic (exact) mass is 392 g/mol. The van der Waals surface area contributed by atoms with E-state index in [2.05, 4.69) is 20.6 Å². The summed E-state index contributed by atoms with van der Waals surface area (Å²) in [6.07, 6.45) is 6.52. The molecule has 7 heteroatoms. The van der Waals surface area contributed by atoms with Crippen molar-refractivity contribution >= 4 is 17.3 Å². The number of H-pyrrole nitrogens is 1. The van der Waals surface area contributed by atoms with Crippen LogP contribution in [0.25, 0.3) is 11.3 Å². The highest BCUT2D eigenvalue weighted by Gasteiger charge is 2.28. The van der Waals surface area contributed by atoms with E-state index in [0.717, 1.165) is 17.0 Å². The first-order valence-electron chi connectivity index (χ1n) is 9.82. The van der Waals surface area contributed by atoms with Crippen molar-refractivity contribution in [3.8, 4) is 17.0 Å². The van der Waals surface area contributed by atoms with E-state index in [1.807, 2.05) is 6.07 Å². The maximum absolute atomic E-state index is 13.3. The summed E-state index contributed by atoms with van der Waals surface area (Å²) >= 11 is 0. The van der Waals surface area contributed by atoms with Crippen molar-refractivity contribution in [2.24, 2.45) is 5.92 Å². The number of benzene rings is 1. The molecule has 1 amide bonds. The molecule has 3 aromatic rings. The Labute approximate surface area is 167 Å². The number of aromatic amines is 1. The molecule has 148 valence electrons. The van der Waals surface area contributed by atoms with E-state index in [9.17, 15) is 9.18 Å². The maximum Gasteiger partial charge on any atom is 0.255 e. The smallest absolute Gasteiger partial charge is 0.255 e. The molecule has 1 aliphatic carbocycles. The molecule has 1 aliphatic heterocycles. The van der Waals surface area contributed by atoms with E-state index < -0.39 is 0 Å². The van der Waals surface area contributed by atoms with Crippen LogP contribution in [-0.2, 0) is 6.42 Å². The van der Waals surface area contributed by atoms with Crippen LogP contribution in [-0.4, -0.2) is 29.0 Å². The molecule has 0 radical (unpaired) electrons. The summed E-state index contributed by atoms with van der Waals surface area (Å²) in [5.41, 5.74) is 4.42. The van der Waals surface area contributed by atoms with Crippen LogP contribution in [0.2, 0.25) is 0 Å². The lowest BCUT2D eigenvalue weighted by Crippen LogP contribution is -2.31. The average Bonchev–Trinajstić information content (AvgIpc) is 3.49. The van der Waals surface area contributed by atoms with Gasteiger partial charge in [0.05, 0.1) is 29.7 Å². The van der Waals surface area contributed by atoms with Crippen LogP contribution >= 0.6 is 0 Å². The van der Waals surface area contributed by atoms with E-state index in [4.69, 9.17) is 4.74 Å². The summed E-state index contributed by atoms with van der Waals surface area (Å²) in [6, 6.07) is 7.95. The van der Waals surface area contributed by atoms with Crippen molar-refractivity contribution in [1.29, 1.82) is 0 Å². The lowest BCUT2D eigenvalue weighted by Gasteiger charge is -2.15. The molecular weight excluding hydrogens is 371 g/mol. The fraction of sp³-hybridized carbons (Fsp3) is 0.273. The topological polar surface area (TPSA) is 79.0 Å². The Balaban J connectivity index is 1.59. The number of halogens is 1. The molecule has 29 heavy (non-hydrogen) atoms. The maximum atomic E-state index is 13.3. The fourth-order valence-electron chi connectivity index (χ4n) is 3.58. The lowest BCUT2D eigenvalue weighted by atomic mass is 10.0. The molecule has 1 aromatic carbocycles. The average molecular weight is 392 g/mol. The van der Waals surface area contributed by atoms with Gasteiger partial charge in [-0.1, -0.05) is 0 Å². The summed E-state index contributed by atoms with van der Waals surface area (Å²) in [4.78, 5) is 20.3. The molecule has 1 fully saturated rings. The van der Waals surface area contributed by atoms with Crippen molar-refractivity contribution in [3.05, 3.63) is 59.8 Å². The molecule has 0 saturated heterocycles. The third kappa shape index (κ3) is 3.55. The summed E-state index contributed by atoms with van der Waals surface area (Å²) in [7, 11) is 0. The molecule has 6 nitrogen and oxygen atoms in total. The quantitative estimate of drug-likeness (QED) is 0.592. The number of rotatable bonds is 6. The van der Waals surface area contributed by atoms with Gasteiger partial charge in [0, 0.05) is 36.1 Å². The number of hydrogen-bond acceptors (Lipinski definition) is 4. The lowest BCUT2D eigenvalue weighted by molar-refractivity contribution is 0.0947. The number of anilines is 2. The highest BCUT2D eigenvalue weighted by atomic mass is 19.1. The number of carbonyl (C=O) groups is 1. The molecule has 0 spiro atoms. The second kappa shape index (κ2) is 7.24. The second-order valence-corrected chi connectivity index (χ2v) is 7.49. The molecule has 0 unspecified atom stereocenters. The van der Waals surface area contributed by atoms with Crippen molar-refractivity contribution in [2.75, 3.05) is 18.5 Å². The second-order valence-electron chi connectivity index (χ2n) is 7.49. The van der Waals surface area contributed by atoms with E-state index in [1.54, 1.807) is 24.5 Å². The minimum Gasteiger partial charge on any atom is -0.491 e. The third-order valence-electron chi connectivity index (χ3n) is 5.30. The molecule has 2 aliphatic rings. The van der Waals surface area contributed by atoms with Crippen LogP contribution in [0.3, 0.4) is 0 Å². The minimum atomic E-state index is -0.311. The molecular formula is C22H21FN4O2. The third-order valence-corrected chi connectivity index (χ3v) is 5.30. The first kappa shape index (κ1) is 17.7. The van der Waals surface area contributed by atoms with Crippen molar-refractivity contribution < 1.29 is 13.9 Å². The highest BCUT2D eigenvalue weighted by molar-refractivity contribution is 6.06. The van der Waals surface area contributed by atoms with Gasteiger partial charge in [0.15, 0.2) is 0 Å². The van der Waals surface area contributed by atoms with Crippen LogP contribution in [0.5, 0.6) is 5.75 Å². The Kier molecular flexibility index (Phi) is 4.42. The molecule has 2 aromatic heterocycles. The van der Waals surface area contributed by atoms with Gasteiger partial charge in [-0.2, -0.15) is 0 Å². The first-order valence-corrected chi connectivity index (χ1v) is 9.82. The van der Waals surface area contributed by atoms with Crippen molar-refractivity contribution in [3.63, 3.8) is 0 Å². The summed E-state index contributed by atoms with van der Waals surface area (Å²) in [5.74, 6) is 0.852. The predicted molar refractivity (Wildman–Crippen MR) is 108 cm³/mol. The van der Waals surface area contributed by atoms with Gasteiger partial charge in [-0.3, -0.25) is 9.78 Å². The van der Waals surface area contributed by atoms with Gasteiger partial charge in [-0.25, -0.2) is 4.39 Å². The fourth-order valence-corrected chi connectivity index (χ4v) is 3.58. The predicted octanol–water partition coefficient (Wildman–Crippen LogP) is 4.03.